The van der Waals surface area contributed by atoms with Gasteiger partial charge in [0.05, 0.1) is 22.2 Å². The van der Waals surface area contributed by atoms with Crippen molar-refractivity contribution in [1.82, 2.24) is 4.98 Å². The minimum Gasteiger partial charge on any atom is -0.454 e. The molecular formula is C23H17N3O5. The molecule has 3 aromatic carbocycles. The maximum Gasteiger partial charge on any atom is 0.282 e. The molecule has 0 N–H and O–H groups in total. The van der Waals surface area contributed by atoms with E-state index in [9.17, 15) is 10.1 Å². The van der Waals surface area contributed by atoms with E-state index in [2.05, 4.69) is 9.98 Å². The first-order valence-corrected chi connectivity index (χ1v) is 9.58. The van der Waals surface area contributed by atoms with Crippen molar-refractivity contribution in [3.05, 3.63) is 75.3 Å². The number of nitro benzene ring substituents is 1. The van der Waals surface area contributed by atoms with Crippen LogP contribution >= 0.6 is 0 Å². The van der Waals surface area contributed by atoms with Crippen LogP contribution in [0.25, 0.3) is 22.6 Å². The largest absolute Gasteiger partial charge is 0.454 e. The van der Waals surface area contributed by atoms with Crippen LogP contribution in [-0.4, -0.2) is 22.9 Å². The molecule has 0 amide bonds. The molecule has 0 bridgehead atoms. The minimum atomic E-state index is -0.470. The molecule has 8 nitrogen and oxygen atoms in total. The molecule has 8 heteroatoms. The van der Waals surface area contributed by atoms with Gasteiger partial charge in [0.2, 0.25) is 12.7 Å². The molecule has 0 aliphatic carbocycles. The van der Waals surface area contributed by atoms with Crippen LogP contribution in [-0.2, 0) is 0 Å². The Labute approximate surface area is 176 Å². The van der Waals surface area contributed by atoms with Crippen LogP contribution in [0.15, 0.2) is 57.9 Å². The van der Waals surface area contributed by atoms with E-state index < -0.39 is 4.92 Å². The van der Waals surface area contributed by atoms with Crippen molar-refractivity contribution in [2.45, 2.75) is 13.8 Å². The molecule has 0 spiro atoms. The van der Waals surface area contributed by atoms with Gasteiger partial charge in [-0.15, -0.1) is 0 Å². The van der Waals surface area contributed by atoms with Crippen molar-refractivity contribution in [3.63, 3.8) is 0 Å². The standard InChI is InChI=1S/C23H17N3O5/c1-13-6-18-20(7-14(13)2)31-23(25-18)15-4-3-5-17(8-15)24-11-16-9-21-22(30-12-29-21)10-19(16)26(27)28/h3-11H,12H2,1-2H3. The molecule has 1 aromatic heterocycles. The number of oxazole rings is 1. The number of nitrogens with zero attached hydrogens (tertiary/aromatic N) is 3. The number of nitro groups is 1. The van der Waals surface area contributed by atoms with Gasteiger partial charge in [0, 0.05) is 11.8 Å². The summed E-state index contributed by atoms with van der Waals surface area (Å²) >= 11 is 0. The number of rotatable bonds is 4. The summed E-state index contributed by atoms with van der Waals surface area (Å²) in [4.78, 5) is 20.0. The van der Waals surface area contributed by atoms with Gasteiger partial charge in [0.25, 0.3) is 5.69 Å². The van der Waals surface area contributed by atoms with Crippen LogP contribution in [0.4, 0.5) is 11.4 Å². The maximum atomic E-state index is 11.4. The number of ether oxygens (including phenoxy) is 2. The SMILES string of the molecule is Cc1cc2nc(-c3cccc(N=Cc4cc5c(cc4[N+](=O)[O-])OCO5)c3)oc2cc1C. The minimum absolute atomic E-state index is 0.0404. The number of hydrogen-bond donors (Lipinski definition) is 0. The van der Waals surface area contributed by atoms with Crippen molar-refractivity contribution in [2.75, 3.05) is 6.79 Å². The second-order valence-electron chi connectivity index (χ2n) is 7.25. The van der Waals surface area contributed by atoms with E-state index in [0.29, 0.717) is 28.6 Å². The van der Waals surface area contributed by atoms with Gasteiger partial charge in [0.1, 0.15) is 5.52 Å². The third-order valence-electron chi connectivity index (χ3n) is 5.17. The highest BCUT2D eigenvalue weighted by Gasteiger charge is 2.22. The average Bonchev–Trinajstić information content (AvgIpc) is 3.38. The smallest absolute Gasteiger partial charge is 0.282 e. The van der Waals surface area contributed by atoms with Crippen molar-refractivity contribution in [2.24, 2.45) is 4.99 Å². The fourth-order valence-corrected chi connectivity index (χ4v) is 3.38. The zero-order chi connectivity index (χ0) is 21.5. The highest BCUT2D eigenvalue weighted by Crippen LogP contribution is 2.37. The first-order chi connectivity index (χ1) is 15.0. The molecule has 2 heterocycles. The molecular weight excluding hydrogens is 398 g/mol. The number of benzene rings is 3. The summed E-state index contributed by atoms with van der Waals surface area (Å²) in [6.45, 7) is 4.11. The number of aryl methyl sites for hydroxylation is 2. The van der Waals surface area contributed by atoms with E-state index in [1.165, 1.54) is 12.3 Å². The molecule has 0 fully saturated rings. The second kappa shape index (κ2) is 7.24. The highest BCUT2D eigenvalue weighted by molar-refractivity contribution is 5.89. The summed E-state index contributed by atoms with van der Waals surface area (Å²) < 4.78 is 16.5. The molecule has 5 rings (SSSR count). The van der Waals surface area contributed by atoms with Gasteiger partial charge in [-0.1, -0.05) is 6.07 Å². The predicted octanol–water partition coefficient (Wildman–Crippen LogP) is 5.50. The molecule has 0 saturated carbocycles. The van der Waals surface area contributed by atoms with Gasteiger partial charge in [-0.2, -0.15) is 0 Å². The van der Waals surface area contributed by atoms with E-state index in [0.717, 1.165) is 27.8 Å². The quantitative estimate of drug-likeness (QED) is 0.248. The zero-order valence-electron chi connectivity index (χ0n) is 16.8. The maximum absolute atomic E-state index is 11.4. The molecule has 4 aromatic rings. The zero-order valence-corrected chi connectivity index (χ0v) is 16.8. The number of hydrogen-bond acceptors (Lipinski definition) is 7. The van der Waals surface area contributed by atoms with Gasteiger partial charge in [-0.05, 0) is 61.4 Å². The van der Waals surface area contributed by atoms with Crippen LogP contribution in [0.2, 0.25) is 0 Å². The normalized spacial score (nSPS) is 12.7. The van der Waals surface area contributed by atoms with Crippen LogP contribution in [0.1, 0.15) is 16.7 Å². The van der Waals surface area contributed by atoms with Crippen molar-refractivity contribution >= 4 is 28.7 Å². The van der Waals surface area contributed by atoms with Crippen molar-refractivity contribution < 1.29 is 18.8 Å². The monoisotopic (exact) mass is 415 g/mol. The van der Waals surface area contributed by atoms with E-state index in [-0.39, 0.29) is 12.5 Å². The molecule has 0 radical (unpaired) electrons. The van der Waals surface area contributed by atoms with Gasteiger partial charge >= 0.3 is 0 Å². The summed E-state index contributed by atoms with van der Waals surface area (Å²) in [6.07, 6.45) is 1.44. The summed E-state index contributed by atoms with van der Waals surface area (Å²) in [5.41, 5.74) is 5.41. The number of aromatic nitrogens is 1. The lowest BCUT2D eigenvalue weighted by Crippen LogP contribution is -1.94. The van der Waals surface area contributed by atoms with Crippen molar-refractivity contribution in [3.8, 4) is 23.0 Å². The molecule has 1 aliphatic rings. The third kappa shape index (κ3) is 3.48. The van der Waals surface area contributed by atoms with Crippen LogP contribution in [0, 0.1) is 24.0 Å². The Hall–Kier alpha value is -4.20. The molecule has 1 aliphatic heterocycles. The lowest BCUT2D eigenvalue weighted by Gasteiger charge is -2.01. The Balaban J connectivity index is 1.49. The molecule has 0 atom stereocenters. The second-order valence-corrected chi connectivity index (χ2v) is 7.25. The summed E-state index contributed by atoms with van der Waals surface area (Å²) in [5, 5.41) is 11.4. The molecule has 0 unspecified atom stereocenters. The van der Waals surface area contributed by atoms with Gasteiger partial charge in [-0.25, -0.2) is 4.98 Å². The summed E-state index contributed by atoms with van der Waals surface area (Å²) in [6, 6.07) is 14.2. The highest BCUT2D eigenvalue weighted by atomic mass is 16.7. The Bertz CT molecular complexity index is 1330. The van der Waals surface area contributed by atoms with Gasteiger partial charge < -0.3 is 13.9 Å². The lowest BCUT2D eigenvalue weighted by atomic mass is 10.1. The molecule has 31 heavy (non-hydrogen) atoms. The fourth-order valence-electron chi connectivity index (χ4n) is 3.38. The van der Waals surface area contributed by atoms with Crippen LogP contribution in [0.5, 0.6) is 11.5 Å². The topological polar surface area (TPSA) is 100.0 Å². The van der Waals surface area contributed by atoms with E-state index in [1.54, 1.807) is 12.1 Å². The van der Waals surface area contributed by atoms with E-state index in [1.807, 2.05) is 44.2 Å². The van der Waals surface area contributed by atoms with Crippen LogP contribution in [0.3, 0.4) is 0 Å². The Morgan fingerprint density at radius 3 is 2.65 bits per heavy atom. The summed E-state index contributed by atoms with van der Waals surface area (Å²) in [5.74, 6) is 1.30. The Morgan fingerprint density at radius 1 is 1.06 bits per heavy atom. The van der Waals surface area contributed by atoms with Gasteiger partial charge in [-0.3, -0.25) is 15.1 Å². The molecule has 0 saturated heterocycles. The predicted molar refractivity (Wildman–Crippen MR) is 115 cm³/mol. The van der Waals surface area contributed by atoms with Crippen LogP contribution < -0.4 is 9.47 Å². The third-order valence-corrected chi connectivity index (χ3v) is 5.17. The van der Waals surface area contributed by atoms with E-state index >= 15 is 0 Å². The van der Waals surface area contributed by atoms with Crippen molar-refractivity contribution in [1.29, 1.82) is 0 Å². The lowest BCUT2D eigenvalue weighted by molar-refractivity contribution is -0.385. The first-order valence-electron chi connectivity index (χ1n) is 9.58. The Morgan fingerprint density at radius 2 is 1.84 bits per heavy atom. The average molecular weight is 415 g/mol. The first kappa shape index (κ1) is 18.8. The molecule has 154 valence electrons. The summed E-state index contributed by atoms with van der Waals surface area (Å²) in [7, 11) is 0. The number of fused-ring (bicyclic) bond motifs is 2. The van der Waals surface area contributed by atoms with Gasteiger partial charge in [0.15, 0.2) is 17.1 Å². The fraction of sp³-hybridized carbons (Fsp3) is 0.130. The number of aliphatic imine (C=N–C) groups is 1. The Kier molecular flexibility index (Phi) is 4.39. The van der Waals surface area contributed by atoms with E-state index in [4.69, 9.17) is 13.9 Å².